The molecule has 1 saturated heterocycles. The van der Waals surface area contributed by atoms with Gasteiger partial charge in [0.2, 0.25) is 0 Å². The Kier molecular flexibility index (Phi) is 3.04. The molecule has 0 aliphatic carbocycles. The van der Waals surface area contributed by atoms with Crippen LogP contribution in [0.25, 0.3) is 0 Å². The average molecular weight is 232 g/mol. The number of hydrogen-bond acceptors (Lipinski definition) is 5. The molecule has 0 radical (unpaired) electrons. The number of rotatable bonds is 2. The maximum absolute atomic E-state index is 11.2. The van der Waals surface area contributed by atoms with E-state index in [1.807, 2.05) is 0 Å². The minimum Gasteiger partial charge on any atom is -0.480 e. The van der Waals surface area contributed by atoms with E-state index in [0.717, 1.165) is 12.0 Å². The van der Waals surface area contributed by atoms with Gasteiger partial charge in [0.15, 0.2) is 0 Å². The van der Waals surface area contributed by atoms with Crippen LogP contribution in [0.3, 0.4) is 0 Å². The van der Waals surface area contributed by atoms with Crippen LogP contribution >= 0.6 is 0 Å². The highest BCUT2D eigenvalue weighted by Gasteiger charge is 2.51. The Balaban J connectivity index is 2.97. The normalized spacial score (nSPS) is 28.9. The summed E-state index contributed by atoms with van der Waals surface area (Å²) in [5.41, 5.74) is 3.76. The largest absolute Gasteiger partial charge is 0.480 e. The molecule has 1 aliphatic heterocycles. The summed E-state index contributed by atoms with van der Waals surface area (Å²) in [5.74, 6) is -2.65. The van der Waals surface area contributed by atoms with Crippen molar-refractivity contribution in [2.45, 2.75) is 18.0 Å². The second-order valence-corrected chi connectivity index (χ2v) is 3.62. The summed E-state index contributed by atoms with van der Waals surface area (Å²) in [4.78, 5) is 33.7. The third-order valence-corrected chi connectivity index (χ3v) is 2.51. The van der Waals surface area contributed by atoms with Crippen LogP contribution in [0.5, 0.6) is 0 Å². The van der Waals surface area contributed by atoms with Crippen LogP contribution < -0.4 is 5.73 Å². The van der Waals surface area contributed by atoms with Crippen LogP contribution in [-0.2, 0) is 14.3 Å². The molecule has 0 unspecified atom stereocenters. The lowest BCUT2D eigenvalue weighted by atomic mass is 9.98. The molecule has 4 N–H and O–H groups in total. The number of carbonyl (C=O) groups excluding carboxylic acids is 1. The molecule has 1 amide bonds. The lowest BCUT2D eigenvalue weighted by Crippen LogP contribution is -2.50. The highest BCUT2D eigenvalue weighted by atomic mass is 16.5. The van der Waals surface area contributed by atoms with Crippen molar-refractivity contribution in [2.75, 3.05) is 13.7 Å². The molecule has 1 heterocycles. The number of nitrogens with two attached hydrogens (primary N) is 1. The molecule has 1 fully saturated rings. The highest BCUT2D eigenvalue weighted by molar-refractivity contribution is 5.87. The highest BCUT2D eigenvalue weighted by Crippen LogP contribution is 2.26. The summed E-state index contributed by atoms with van der Waals surface area (Å²) in [6.45, 7) is -0.383. The van der Waals surface area contributed by atoms with Crippen molar-refractivity contribution in [1.82, 2.24) is 4.90 Å². The maximum Gasteiger partial charge on any atom is 0.410 e. The van der Waals surface area contributed by atoms with E-state index >= 15 is 0 Å². The quantitative estimate of drug-likeness (QED) is 0.539. The van der Waals surface area contributed by atoms with E-state index in [1.54, 1.807) is 0 Å². The molecule has 0 aromatic rings. The van der Waals surface area contributed by atoms with Gasteiger partial charge in [-0.3, -0.25) is 9.69 Å². The minimum atomic E-state index is -1.74. The molecule has 1 rings (SSSR count). The minimum absolute atomic E-state index is 0.341. The molecule has 0 saturated carbocycles. The van der Waals surface area contributed by atoms with Crippen LogP contribution in [0.4, 0.5) is 4.79 Å². The molecule has 8 heteroatoms. The zero-order chi connectivity index (χ0) is 12.5. The zero-order valence-corrected chi connectivity index (χ0v) is 8.54. The predicted octanol–water partition coefficient (Wildman–Crippen LogP) is -1.31. The fourth-order valence-electron chi connectivity index (χ4n) is 1.62. The molecule has 1 aliphatic rings. The molecule has 0 bridgehead atoms. The number of carbonyl (C=O) groups is 3. The van der Waals surface area contributed by atoms with E-state index in [-0.39, 0.29) is 13.0 Å². The van der Waals surface area contributed by atoms with Crippen molar-refractivity contribution < 1.29 is 29.3 Å². The van der Waals surface area contributed by atoms with Gasteiger partial charge in [-0.25, -0.2) is 9.59 Å². The number of aliphatic carboxylic acids is 2. The maximum atomic E-state index is 11.2. The Morgan fingerprint density at radius 3 is 2.38 bits per heavy atom. The smallest absolute Gasteiger partial charge is 0.410 e. The van der Waals surface area contributed by atoms with Crippen molar-refractivity contribution in [3.63, 3.8) is 0 Å². The first-order chi connectivity index (χ1) is 7.31. The number of ether oxygens (including phenoxy) is 1. The fourth-order valence-corrected chi connectivity index (χ4v) is 1.62. The van der Waals surface area contributed by atoms with Crippen molar-refractivity contribution in [3.8, 4) is 0 Å². The molecule has 0 aromatic heterocycles. The molecule has 90 valence electrons. The molecular weight excluding hydrogens is 220 g/mol. The molecule has 0 aromatic carbocycles. The number of hydrogen-bond donors (Lipinski definition) is 3. The molecule has 16 heavy (non-hydrogen) atoms. The number of methoxy groups -OCH3 is 1. The van der Waals surface area contributed by atoms with Crippen LogP contribution in [0.2, 0.25) is 0 Å². The van der Waals surface area contributed by atoms with Gasteiger partial charge >= 0.3 is 18.0 Å². The summed E-state index contributed by atoms with van der Waals surface area (Å²) in [7, 11) is 1.08. The first kappa shape index (κ1) is 12.2. The van der Waals surface area contributed by atoms with E-state index in [9.17, 15) is 14.4 Å². The Labute approximate surface area is 90.6 Å². The van der Waals surface area contributed by atoms with Gasteiger partial charge in [-0.1, -0.05) is 0 Å². The standard InChI is InChI=1S/C8H12N2O6/c1-16-7(15)10-3-8(9,6(13)14)2-4(10)5(11)12/h4H,2-3,9H2,1H3,(H,11,12)(H,13,14)/t4-,8-/m0/s1. The van der Waals surface area contributed by atoms with Crippen LogP contribution in [0, 0.1) is 0 Å². The van der Waals surface area contributed by atoms with Gasteiger partial charge in [0.05, 0.1) is 13.7 Å². The predicted molar refractivity (Wildman–Crippen MR) is 49.7 cm³/mol. The number of carboxylic acids is 2. The lowest BCUT2D eigenvalue weighted by molar-refractivity contribution is -0.142. The Morgan fingerprint density at radius 1 is 1.44 bits per heavy atom. The van der Waals surface area contributed by atoms with Crippen molar-refractivity contribution in [1.29, 1.82) is 0 Å². The zero-order valence-electron chi connectivity index (χ0n) is 8.54. The Morgan fingerprint density at radius 2 is 2.00 bits per heavy atom. The van der Waals surface area contributed by atoms with Crippen molar-refractivity contribution in [3.05, 3.63) is 0 Å². The summed E-state index contributed by atoms with van der Waals surface area (Å²) >= 11 is 0. The van der Waals surface area contributed by atoms with E-state index < -0.39 is 29.6 Å². The summed E-state index contributed by atoms with van der Waals surface area (Å²) in [6.07, 6.45) is -1.24. The number of nitrogens with zero attached hydrogens (tertiary/aromatic N) is 1. The van der Waals surface area contributed by atoms with E-state index in [1.165, 1.54) is 0 Å². The van der Waals surface area contributed by atoms with Crippen LogP contribution in [-0.4, -0.2) is 58.4 Å². The van der Waals surface area contributed by atoms with Gasteiger partial charge in [0.1, 0.15) is 11.6 Å². The van der Waals surface area contributed by atoms with Gasteiger partial charge in [0.25, 0.3) is 0 Å². The van der Waals surface area contributed by atoms with Crippen LogP contribution in [0.15, 0.2) is 0 Å². The first-order valence-corrected chi connectivity index (χ1v) is 4.41. The Hall–Kier alpha value is -1.83. The molecule has 8 nitrogen and oxygen atoms in total. The monoisotopic (exact) mass is 232 g/mol. The Bertz CT molecular complexity index is 343. The number of amides is 1. The molecular formula is C8H12N2O6. The van der Waals surface area contributed by atoms with E-state index in [0.29, 0.717) is 0 Å². The van der Waals surface area contributed by atoms with Gasteiger partial charge in [-0.2, -0.15) is 0 Å². The van der Waals surface area contributed by atoms with Gasteiger partial charge in [0, 0.05) is 6.42 Å². The second-order valence-electron chi connectivity index (χ2n) is 3.62. The third kappa shape index (κ3) is 1.91. The summed E-state index contributed by atoms with van der Waals surface area (Å²) < 4.78 is 4.36. The number of carboxylic acid groups (broad SMARTS) is 2. The van der Waals surface area contributed by atoms with Crippen LogP contribution in [0.1, 0.15) is 6.42 Å². The molecule has 0 spiro atoms. The fraction of sp³-hybridized carbons (Fsp3) is 0.625. The SMILES string of the molecule is COC(=O)N1C[C@](N)(C(=O)O)C[C@H]1C(=O)O. The second kappa shape index (κ2) is 3.97. The van der Waals surface area contributed by atoms with Gasteiger partial charge < -0.3 is 20.7 Å². The average Bonchev–Trinajstić information content (AvgIpc) is 2.57. The van der Waals surface area contributed by atoms with Crippen molar-refractivity contribution >= 4 is 18.0 Å². The molecule has 2 atom stereocenters. The summed E-state index contributed by atoms with van der Waals surface area (Å²) in [5, 5.41) is 17.7. The van der Waals surface area contributed by atoms with Gasteiger partial charge in [-0.05, 0) is 0 Å². The first-order valence-electron chi connectivity index (χ1n) is 4.41. The van der Waals surface area contributed by atoms with E-state index in [4.69, 9.17) is 15.9 Å². The van der Waals surface area contributed by atoms with Gasteiger partial charge in [-0.15, -0.1) is 0 Å². The summed E-state index contributed by atoms with van der Waals surface area (Å²) in [6, 6.07) is -1.27. The lowest BCUT2D eigenvalue weighted by Gasteiger charge is -2.20. The number of likely N-dealkylation sites (tertiary alicyclic amines) is 1. The topological polar surface area (TPSA) is 130 Å². The van der Waals surface area contributed by atoms with Crippen molar-refractivity contribution in [2.24, 2.45) is 5.73 Å². The third-order valence-electron chi connectivity index (χ3n) is 2.51. The van der Waals surface area contributed by atoms with E-state index in [2.05, 4.69) is 4.74 Å².